The quantitative estimate of drug-likeness (QED) is 0.851. The lowest BCUT2D eigenvalue weighted by Gasteiger charge is -2.08. The van der Waals surface area contributed by atoms with Gasteiger partial charge in [-0.2, -0.15) is 0 Å². The molecular weight excluding hydrogens is 253 g/mol. The Labute approximate surface area is 89.1 Å². The summed E-state index contributed by atoms with van der Waals surface area (Å²) in [4.78, 5) is 14.6. The minimum Gasteiger partial charge on any atom is -0.481 e. The van der Waals surface area contributed by atoms with Crippen molar-refractivity contribution in [3.05, 3.63) is 28.2 Å². The molecule has 5 heteroatoms. The highest BCUT2D eigenvalue weighted by atomic mass is 79.9. The summed E-state index contributed by atoms with van der Waals surface area (Å²) in [7, 11) is 0. The highest BCUT2D eigenvalue weighted by Gasteiger charge is 2.19. The Kier molecular flexibility index (Phi) is 3.57. The lowest BCUT2D eigenvalue weighted by Crippen LogP contribution is -2.12. The fourth-order valence-corrected chi connectivity index (χ4v) is 1.47. The monoisotopic (exact) mass is 261 g/mol. The van der Waals surface area contributed by atoms with E-state index in [1.54, 1.807) is 6.92 Å². The normalized spacial score (nSPS) is 12.5. The minimum absolute atomic E-state index is 0.0506. The van der Waals surface area contributed by atoms with Crippen molar-refractivity contribution in [3.8, 4) is 0 Å². The predicted molar refractivity (Wildman–Crippen MR) is 52.6 cm³/mol. The molecular formula is C9H9BrFNO2. The molecule has 0 amide bonds. The van der Waals surface area contributed by atoms with Crippen LogP contribution >= 0.6 is 15.9 Å². The maximum absolute atomic E-state index is 12.8. The number of pyridine rings is 1. The molecule has 14 heavy (non-hydrogen) atoms. The zero-order valence-corrected chi connectivity index (χ0v) is 9.08. The Bertz CT molecular complexity index is 357. The average molecular weight is 262 g/mol. The maximum atomic E-state index is 12.8. The van der Waals surface area contributed by atoms with E-state index in [-0.39, 0.29) is 4.60 Å². The van der Waals surface area contributed by atoms with E-state index in [0.717, 1.165) is 0 Å². The molecule has 1 aromatic rings. The smallest absolute Gasteiger partial charge is 0.312 e. The fraction of sp³-hybridized carbons (Fsp3) is 0.333. The van der Waals surface area contributed by atoms with Crippen molar-refractivity contribution in [2.45, 2.75) is 19.3 Å². The Morgan fingerprint density at radius 3 is 2.79 bits per heavy atom. The summed E-state index contributed by atoms with van der Waals surface area (Å²) in [5, 5.41) is 8.84. The van der Waals surface area contributed by atoms with Gasteiger partial charge in [0.15, 0.2) is 5.82 Å². The Balaban J connectivity index is 3.06. The number of carboxylic acid groups (broad SMARTS) is 1. The standard InChI is InChI=1S/C9H9BrFNO2/c1-2-5(9(13)14)7-4-3-6(11)8(10)12-7/h3-5H,2H2,1H3,(H,13,14). The van der Waals surface area contributed by atoms with Crippen LogP contribution in [0.1, 0.15) is 25.0 Å². The molecule has 0 saturated heterocycles. The summed E-state index contributed by atoms with van der Waals surface area (Å²) in [6, 6.07) is 2.60. The van der Waals surface area contributed by atoms with Crippen LogP contribution in [0.3, 0.4) is 0 Å². The van der Waals surface area contributed by atoms with Gasteiger partial charge in [-0.1, -0.05) is 6.92 Å². The van der Waals surface area contributed by atoms with Gasteiger partial charge in [-0.3, -0.25) is 4.79 Å². The van der Waals surface area contributed by atoms with E-state index < -0.39 is 17.7 Å². The van der Waals surface area contributed by atoms with E-state index in [0.29, 0.717) is 12.1 Å². The molecule has 76 valence electrons. The molecule has 0 saturated carbocycles. The van der Waals surface area contributed by atoms with Crippen molar-refractivity contribution < 1.29 is 14.3 Å². The van der Waals surface area contributed by atoms with Crippen LogP contribution < -0.4 is 0 Å². The van der Waals surface area contributed by atoms with Gasteiger partial charge in [-0.15, -0.1) is 0 Å². The van der Waals surface area contributed by atoms with Crippen molar-refractivity contribution >= 4 is 21.9 Å². The summed E-state index contributed by atoms with van der Waals surface area (Å²) >= 11 is 2.91. The molecule has 1 rings (SSSR count). The zero-order chi connectivity index (χ0) is 10.7. The molecule has 3 nitrogen and oxygen atoms in total. The number of hydrogen-bond donors (Lipinski definition) is 1. The van der Waals surface area contributed by atoms with Crippen molar-refractivity contribution in [1.82, 2.24) is 4.98 Å². The van der Waals surface area contributed by atoms with Crippen molar-refractivity contribution in [2.75, 3.05) is 0 Å². The van der Waals surface area contributed by atoms with Crippen LogP contribution in [0.25, 0.3) is 0 Å². The molecule has 1 heterocycles. The van der Waals surface area contributed by atoms with Crippen LogP contribution in [0.4, 0.5) is 4.39 Å². The largest absolute Gasteiger partial charge is 0.481 e. The topological polar surface area (TPSA) is 50.2 Å². The second-order valence-electron chi connectivity index (χ2n) is 2.81. The molecule has 0 spiro atoms. The molecule has 0 aromatic carbocycles. The molecule has 1 unspecified atom stereocenters. The average Bonchev–Trinajstić information content (AvgIpc) is 2.11. The molecule has 0 aliphatic rings. The number of hydrogen-bond acceptors (Lipinski definition) is 2. The van der Waals surface area contributed by atoms with Crippen LogP contribution in [-0.2, 0) is 4.79 Å². The lowest BCUT2D eigenvalue weighted by molar-refractivity contribution is -0.138. The number of carboxylic acids is 1. The third-order valence-electron chi connectivity index (χ3n) is 1.89. The molecule has 0 bridgehead atoms. The van der Waals surface area contributed by atoms with Gasteiger partial charge in [0, 0.05) is 0 Å². The zero-order valence-electron chi connectivity index (χ0n) is 7.50. The van der Waals surface area contributed by atoms with Gasteiger partial charge in [0.25, 0.3) is 0 Å². The van der Waals surface area contributed by atoms with E-state index in [4.69, 9.17) is 5.11 Å². The van der Waals surface area contributed by atoms with Crippen molar-refractivity contribution in [1.29, 1.82) is 0 Å². The van der Waals surface area contributed by atoms with Gasteiger partial charge >= 0.3 is 5.97 Å². The van der Waals surface area contributed by atoms with E-state index in [1.807, 2.05) is 0 Å². The van der Waals surface area contributed by atoms with E-state index in [2.05, 4.69) is 20.9 Å². The van der Waals surface area contributed by atoms with Gasteiger partial charge in [0.2, 0.25) is 0 Å². The highest BCUT2D eigenvalue weighted by molar-refractivity contribution is 9.10. The number of carbonyl (C=O) groups is 1. The summed E-state index contributed by atoms with van der Waals surface area (Å²) in [5.74, 6) is -2.11. The SMILES string of the molecule is CCC(C(=O)O)c1ccc(F)c(Br)n1. The first-order chi connectivity index (χ1) is 6.56. The van der Waals surface area contributed by atoms with E-state index >= 15 is 0 Å². The minimum atomic E-state index is -0.946. The molecule has 0 aliphatic carbocycles. The third-order valence-corrected chi connectivity index (χ3v) is 2.44. The van der Waals surface area contributed by atoms with Crippen molar-refractivity contribution in [3.63, 3.8) is 0 Å². The van der Waals surface area contributed by atoms with Crippen LogP contribution in [-0.4, -0.2) is 16.1 Å². The van der Waals surface area contributed by atoms with Gasteiger partial charge in [0.05, 0.1) is 11.6 Å². The van der Waals surface area contributed by atoms with E-state index in [9.17, 15) is 9.18 Å². The fourth-order valence-electron chi connectivity index (χ4n) is 1.14. The summed E-state index contributed by atoms with van der Waals surface area (Å²) in [6.45, 7) is 1.75. The molecule has 0 fully saturated rings. The Morgan fingerprint density at radius 2 is 2.36 bits per heavy atom. The first-order valence-electron chi connectivity index (χ1n) is 4.11. The molecule has 0 radical (unpaired) electrons. The highest BCUT2D eigenvalue weighted by Crippen LogP contribution is 2.21. The Morgan fingerprint density at radius 1 is 1.71 bits per heavy atom. The van der Waals surface area contributed by atoms with Crippen molar-refractivity contribution in [2.24, 2.45) is 0 Å². The molecule has 1 N–H and O–H groups in total. The summed E-state index contributed by atoms with van der Waals surface area (Å²) < 4.78 is 12.9. The first-order valence-corrected chi connectivity index (χ1v) is 4.90. The predicted octanol–water partition coefficient (Wildman–Crippen LogP) is 2.56. The molecule has 1 atom stereocenters. The Hall–Kier alpha value is -0.970. The second-order valence-corrected chi connectivity index (χ2v) is 3.56. The number of aliphatic carboxylic acids is 1. The summed E-state index contributed by atoms with van der Waals surface area (Å²) in [6.07, 6.45) is 0.431. The number of aromatic nitrogens is 1. The number of nitrogens with zero attached hydrogens (tertiary/aromatic N) is 1. The lowest BCUT2D eigenvalue weighted by atomic mass is 10.0. The first kappa shape index (κ1) is 11.1. The maximum Gasteiger partial charge on any atom is 0.312 e. The van der Waals surface area contributed by atoms with Crippen LogP contribution in [0.5, 0.6) is 0 Å². The van der Waals surface area contributed by atoms with Crippen LogP contribution in [0.2, 0.25) is 0 Å². The van der Waals surface area contributed by atoms with E-state index in [1.165, 1.54) is 12.1 Å². The second kappa shape index (κ2) is 4.50. The molecule has 0 aliphatic heterocycles. The van der Waals surface area contributed by atoms with Gasteiger partial charge < -0.3 is 5.11 Å². The van der Waals surface area contributed by atoms with Crippen LogP contribution in [0, 0.1) is 5.82 Å². The van der Waals surface area contributed by atoms with Gasteiger partial charge in [-0.05, 0) is 34.5 Å². The number of rotatable bonds is 3. The number of halogens is 2. The third kappa shape index (κ3) is 2.29. The van der Waals surface area contributed by atoms with Gasteiger partial charge in [0.1, 0.15) is 4.60 Å². The van der Waals surface area contributed by atoms with Gasteiger partial charge in [-0.25, -0.2) is 9.37 Å². The summed E-state index contributed by atoms with van der Waals surface area (Å²) in [5.41, 5.74) is 0.369. The van der Waals surface area contributed by atoms with Crippen LogP contribution in [0.15, 0.2) is 16.7 Å². The molecule has 1 aromatic heterocycles.